The van der Waals surface area contributed by atoms with Crippen molar-refractivity contribution in [1.82, 2.24) is 15.1 Å². The van der Waals surface area contributed by atoms with E-state index >= 15 is 0 Å². The first-order chi connectivity index (χ1) is 12.1. The van der Waals surface area contributed by atoms with Gasteiger partial charge in [0.25, 0.3) is 0 Å². The van der Waals surface area contributed by atoms with Gasteiger partial charge in [0.1, 0.15) is 0 Å². The van der Waals surface area contributed by atoms with Crippen LogP contribution in [0.1, 0.15) is 55.5 Å². The molecule has 0 spiro atoms. The van der Waals surface area contributed by atoms with Gasteiger partial charge in [0, 0.05) is 29.9 Å². The molecule has 1 aromatic carbocycles. The number of hydrogen-bond acceptors (Lipinski definition) is 4. The molecular formula is C20H26N4O. The number of nitriles is 1. The lowest BCUT2D eigenvalue weighted by atomic mass is 9.84. The average molecular weight is 338 g/mol. The molecule has 0 bridgehead atoms. The highest BCUT2D eigenvalue weighted by atomic mass is 16.3. The van der Waals surface area contributed by atoms with Crippen LogP contribution in [-0.2, 0) is 0 Å². The third-order valence-electron chi connectivity index (χ3n) is 5.36. The van der Waals surface area contributed by atoms with Crippen molar-refractivity contribution >= 4 is 0 Å². The summed E-state index contributed by atoms with van der Waals surface area (Å²) in [6, 6.07) is 10.2. The van der Waals surface area contributed by atoms with Crippen molar-refractivity contribution in [2.75, 3.05) is 6.61 Å². The minimum Gasteiger partial charge on any atom is -0.396 e. The molecule has 25 heavy (non-hydrogen) atoms. The molecule has 0 amide bonds. The molecule has 3 unspecified atom stereocenters. The first kappa shape index (κ1) is 17.7. The minimum atomic E-state index is 0.185. The predicted molar refractivity (Wildman–Crippen MR) is 97.4 cm³/mol. The quantitative estimate of drug-likeness (QED) is 0.877. The minimum absolute atomic E-state index is 0.185. The van der Waals surface area contributed by atoms with Gasteiger partial charge < -0.3 is 10.4 Å². The summed E-state index contributed by atoms with van der Waals surface area (Å²) in [6.45, 7) is 4.49. The van der Waals surface area contributed by atoms with Crippen LogP contribution in [0, 0.1) is 24.2 Å². The second kappa shape index (κ2) is 7.81. The summed E-state index contributed by atoms with van der Waals surface area (Å²) >= 11 is 0. The van der Waals surface area contributed by atoms with Crippen molar-refractivity contribution in [3.63, 3.8) is 0 Å². The van der Waals surface area contributed by atoms with Gasteiger partial charge in [0.05, 0.1) is 23.5 Å². The van der Waals surface area contributed by atoms with Crippen LogP contribution >= 0.6 is 0 Å². The molecule has 2 N–H and O–H groups in total. The molecular weight excluding hydrogens is 312 g/mol. The zero-order valence-corrected chi connectivity index (χ0v) is 14.9. The van der Waals surface area contributed by atoms with E-state index in [0.717, 1.165) is 24.2 Å². The van der Waals surface area contributed by atoms with Crippen molar-refractivity contribution in [3.05, 3.63) is 47.3 Å². The van der Waals surface area contributed by atoms with Gasteiger partial charge in [-0.3, -0.25) is 0 Å². The van der Waals surface area contributed by atoms with Gasteiger partial charge in [-0.05, 0) is 56.9 Å². The Bertz CT molecular complexity index is 744. The third kappa shape index (κ3) is 3.76. The topological polar surface area (TPSA) is 73.9 Å². The number of aromatic nitrogens is 2. The highest BCUT2D eigenvalue weighted by Crippen LogP contribution is 2.27. The van der Waals surface area contributed by atoms with Gasteiger partial charge in [0.15, 0.2) is 0 Å². The summed E-state index contributed by atoms with van der Waals surface area (Å²) in [7, 11) is 0. The summed E-state index contributed by atoms with van der Waals surface area (Å²) in [5.74, 6) is 0.352. The molecule has 1 heterocycles. The van der Waals surface area contributed by atoms with E-state index in [4.69, 9.17) is 5.26 Å². The van der Waals surface area contributed by atoms with Crippen molar-refractivity contribution in [2.24, 2.45) is 5.92 Å². The normalized spacial score (nSPS) is 21.7. The lowest BCUT2D eigenvalue weighted by Crippen LogP contribution is -2.41. The molecule has 1 aliphatic carbocycles. The van der Waals surface area contributed by atoms with Crippen LogP contribution in [0.4, 0.5) is 0 Å². The zero-order valence-electron chi connectivity index (χ0n) is 14.9. The smallest absolute Gasteiger partial charge is 0.0991 e. The molecule has 1 aromatic heterocycles. The van der Waals surface area contributed by atoms with Gasteiger partial charge in [-0.25, -0.2) is 4.68 Å². The summed E-state index contributed by atoms with van der Waals surface area (Å²) < 4.78 is 1.92. The van der Waals surface area contributed by atoms with Gasteiger partial charge in [-0.15, -0.1) is 0 Å². The molecule has 3 atom stereocenters. The number of nitrogens with zero attached hydrogens (tertiary/aromatic N) is 3. The summed E-state index contributed by atoms with van der Waals surface area (Å²) in [5.41, 5.74) is 3.88. The SMILES string of the molecule is Cc1c(C(C)NC2CCCCC2CO)cnn1-c1ccc(C#N)cc1. The van der Waals surface area contributed by atoms with Crippen LogP contribution in [0.3, 0.4) is 0 Å². The molecule has 0 saturated heterocycles. The maximum atomic E-state index is 9.62. The molecule has 1 fully saturated rings. The van der Waals surface area contributed by atoms with Crippen LogP contribution in [0.5, 0.6) is 0 Å². The van der Waals surface area contributed by atoms with Gasteiger partial charge in [-0.1, -0.05) is 12.8 Å². The van der Waals surface area contributed by atoms with Crippen molar-refractivity contribution in [2.45, 2.75) is 51.6 Å². The fourth-order valence-corrected chi connectivity index (χ4v) is 3.84. The molecule has 1 saturated carbocycles. The second-order valence-electron chi connectivity index (χ2n) is 6.98. The summed E-state index contributed by atoms with van der Waals surface area (Å²) in [5, 5.41) is 26.8. The Hall–Kier alpha value is -2.16. The van der Waals surface area contributed by atoms with Crippen molar-refractivity contribution < 1.29 is 5.11 Å². The first-order valence-corrected chi connectivity index (χ1v) is 9.06. The van der Waals surface area contributed by atoms with E-state index < -0.39 is 0 Å². The molecule has 3 rings (SSSR count). The van der Waals surface area contributed by atoms with E-state index in [1.807, 2.05) is 35.1 Å². The van der Waals surface area contributed by atoms with E-state index in [1.165, 1.54) is 18.4 Å². The van der Waals surface area contributed by atoms with Crippen LogP contribution < -0.4 is 5.32 Å². The van der Waals surface area contributed by atoms with Crippen LogP contribution in [0.2, 0.25) is 0 Å². The maximum Gasteiger partial charge on any atom is 0.0991 e. The number of nitrogens with one attached hydrogen (secondary N) is 1. The first-order valence-electron chi connectivity index (χ1n) is 9.06. The molecule has 1 aliphatic rings. The summed E-state index contributed by atoms with van der Waals surface area (Å²) in [6.07, 6.45) is 6.59. The third-order valence-corrected chi connectivity index (χ3v) is 5.36. The van der Waals surface area contributed by atoms with Gasteiger partial charge >= 0.3 is 0 Å². The highest BCUT2D eigenvalue weighted by Gasteiger charge is 2.26. The van der Waals surface area contributed by atoms with E-state index in [9.17, 15) is 5.11 Å². The Balaban J connectivity index is 1.76. The molecule has 0 radical (unpaired) electrons. The number of aliphatic hydroxyl groups excluding tert-OH is 1. The van der Waals surface area contributed by atoms with Crippen molar-refractivity contribution in [1.29, 1.82) is 5.26 Å². The van der Waals surface area contributed by atoms with E-state index in [-0.39, 0.29) is 12.6 Å². The second-order valence-corrected chi connectivity index (χ2v) is 6.98. The fourth-order valence-electron chi connectivity index (χ4n) is 3.84. The van der Waals surface area contributed by atoms with E-state index in [0.29, 0.717) is 17.5 Å². The lowest BCUT2D eigenvalue weighted by molar-refractivity contribution is 0.147. The Labute approximate surface area is 149 Å². The van der Waals surface area contributed by atoms with E-state index in [1.54, 1.807) is 0 Å². The Morgan fingerprint density at radius 2 is 2.04 bits per heavy atom. The molecule has 5 heteroatoms. The van der Waals surface area contributed by atoms with E-state index in [2.05, 4.69) is 30.3 Å². The van der Waals surface area contributed by atoms with Crippen molar-refractivity contribution in [3.8, 4) is 11.8 Å². The standard InChI is InChI=1S/C20H26N4O/c1-14(23-20-6-4-3-5-17(20)13-25)19-12-22-24(15(19)2)18-9-7-16(11-21)8-10-18/h7-10,12,14,17,20,23,25H,3-6,13H2,1-2H3. The number of aliphatic hydroxyl groups is 1. The predicted octanol–water partition coefficient (Wildman–Crippen LogP) is 3.25. The number of benzene rings is 1. The average Bonchev–Trinajstić information content (AvgIpc) is 3.03. The van der Waals surface area contributed by atoms with Gasteiger partial charge in [-0.2, -0.15) is 10.4 Å². The highest BCUT2D eigenvalue weighted by molar-refractivity contribution is 5.41. The Kier molecular flexibility index (Phi) is 5.52. The molecule has 5 nitrogen and oxygen atoms in total. The largest absolute Gasteiger partial charge is 0.396 e. The number of rotatable bonds is 5. The maximum absolute atomic E-state index is 9.62. The monoisotopic (exact) mass is 338 g/mol. The van der Waals surface area contributed by atoms with Crippen LogP contribution in [0.25, 0.3) is 5.69 Å². The molecule has 0 aliphatic heterocycles. The summed E-state index contributed by atoms with van der Waals surface area (Å²) in [4.78, 5) is 0. The fraction of sp³-hybridized carbons (Fsp3) is 0.500. The van der Waals surface area contributed by atoms with Gasteiger partial charge in [0.2, 0.25) is 0 Å². The Morgan fingerprint density at radius 3 is 2.72 bits per heavy atom. The van der Waals surface area contributed by atoms with Crippen LogP contribution in [-0.4, -0.2) is 27.5 Å². The zero-order chi connectivity index (χ0) is 17.8. The van der Waals surface area contributed by atoms with Crippen LogP contribution in [0.15, 0.2) is 30.5 Å². The lowest BCUT2D eigenvalue weighted by Gasteiger charge is -2.33. The molecule has 132 valence electrons. The Morgan fingerprint density at radius 1 is 1.32 bits per heavy atom. The molecule has 2 aromatic rings. The number of hydrogen-bond donors (Lipinski definition) is 2.